The SMILES string of the molecule is Cc1nnc2c(N(CC3CCCNC3)C(C)C)nccn12. The Labute approximate surface area is 125 Å². The number of aromatic nitrogens is 4. The number of piperidine rings is 1. The first-order valence-corrected chi connectivity index (χ1v) is 7.80. The van der Waals surface area contributed by atoms with Gasteiger partial charge in [0.15, 0.2) is 5.82 Å². The summed E-state index contributed by atoms with van der Waals surface area (Å²) in [6.07, 6.45) is 6.31. The molecule has 2 aromatic rings. The summed E-state index contributed by atoms with van der Waals surface area (Å²) in [4.78, 5) is 6.95. The zero-order valence-electron chi connectivity index (χ0n) is 13.1. The van der Waals surface area contributed by atoms with E-state index in [1.54, 1.807) is 0 Å². The maximum atomic E-state index is 4.59. The molecule has 6 heteroatoms. The lowest BCUT2D eigenvalue weighted by Gasteiger charge is -2.33. The van der Waals surface area contributed by atoms with E-state index >= 15 is 0 Å². The minimum Gasteiger partial charge on any atom is -0.351 e. The molecule has 2 aromatic heterocycles. The minimum absolute atomic E-state index is 0.391. The summed E-state index contributed by atoms with van der Waals surface area (Å²) in [6, 6.07) is 0.391. The molecule has 21 heavy (non-hydrogen) atoms. The van der Waals surface area contributed by atoms with Crippen molar-refractivity contribution in [2.75, 3.05) is 24.5 Å². The Morgan fingerprint density at radius 1 is 1.43 bits per heavy atom. The largest absolute Gasteiger partial charge is 0.351 e. The zero-order valence-corrected chi connectivity index (χ0v) is 13.1. The van der Waals surface area contributed by atoms with Crippen molar-refractivity contribution < 1.29 is 0 Å². The maximum absolute atomic E-state index is 4.59. The third-order valence-electron chi connectivity index (χ3n) is 4.23. The van der Waals surface area contributed by atoms with Gasteiger partial charge < -0.3 is 10.2 Å². The van der Waals surface area contributed by atoms with Crippen molar-refractivity contribution in [3.05, 3.63) is 18.2 Å². The Hall–Kier alpha value is -1.69. The van der Waals surface area contributed by atoms with Crippen molar-refractivity contribution in [2.24, 2.45) is 5.92 Å². The molecule has 1 atom stereocenters. The predicted octanol–water partition coefficient (Wildman–Crippen LogP) is 1.65. The normalized spacial score (nSPS) is 19.3. The Balaban J connectivity index is 1.91. The van der Waals surface area contributed by atoms with Gasteiger partial charge in [0.05, 0.1) is 0 Å². The average Bonchev–Trinajstić information content (AvgIpc) is 2.87. The number of anilines is 1. The molecule has 3 rings (SSSR count). The van der Waals surface area contributed by atoms with Crippen molar-refractivity contribution in [3.63, 3.8) is 0 Å². The van der Waals surface area contributed by atoms with Gasteiger partial charge in [-0.2, -0.15) is 0 Å². The van der Waals surface area contributed by atoms with Crippen LogP contribution in [0.25, 0.3) is 5.65 Å². The average molecular weight is 288 g/mol. The van der Waals surface area contributed by atoms with Gasteiger partial charge in [0.25, 0.3) is 0 Å². The molecule has 0 aromatic carbocycles. The summed E-state index contributed by atoms with van der Waals surface area (Å²) in [5.74, 6) is 2.52. The van der Waals surface area contributed by atoms with Crippen LogP contribution in [0.3, 0.4) is 0 Å². The van der Waals surface area contributed by atoms with E-state index in [9.17, 15) is 0 Å². The van der Waals surface area contributed by atoms with Gasteiger partial charge in [0, 0.05) is 25.0 Å². The fourth-order valence-electron chi connectivity index (χ4n) is 3.03. The van der Waals surface area contributed by atoms with E-state index in [-0.39, 0.29) is 0 Å². The van der Waals surface area contributed by atoms with E-state index in [0.29, 0.717) is 12.0 Å². The fourth-order valence-corrected chi connectivity index (χ4v) is 3.03. The fraction of sp³-hybridized carbons (Fsp3) is 0.667. The third-order valence-corrected chi connectivity index (χ3v) is 4.23. The third kappa shape index (κ3) is 2.85. The summed E-state index contributed by atoms with van der Waals surface area (Å²) in [5, 5.41) is 12.0. The standard InChI is InChI=1S/C15H24N6/c1-11(2)21(10-13-5-4-6-16-9-13)14-15-19-18-12(3)20(15)8-7-17-14/h7-8,11,13,16H,4-6,9-10H2,1-3H3. The number of fused-ring (bicyclic) bond motifs is 1. The number of hydrogen-bond acceptors (Lipinski definition) is 5. The summed E-state index contributed by atoms with van der Waals surface area (Å²) >= 11 is 0. The second kappa shape index (κ2) is 5.97. The molecule has 0 bridgehead atoms. The minimum atomic E-state index is 0.391. The molecule has 0 aliphatic carbocycles. The number of aryl methyl sites for hydroxylation is 1. The van der Waals surface area contributed by atoms with E-state index in [4.69, 9.17) is 0 Å². The molecular formula is C15H24N6. The van der Waals surface area contributed by atoms with Gasteiger partial charge in [-0.1, -0.05) is 0 Å². The van der Waals surface area contributed by atoms with Crippen molar-refractivity contribution in [1.29, 1.82) is 0 Å². The van der Waals surface area contributed by atoms with Gasteiger partial charge in [-0.05, 0) is 52.6 Å². The predicted molar refractivity (Wildman–Crippen MR) is 83.6 cm³/mol. The second-order valence-corrected chi connectivity index (χ2v) is 6.15. The van der Waals surface area contributed by atoms with Crippen molar-refractivity contribution >= 4 is 11.5 Å². The van der Waals surface area contributed by atoms with Crippen LogP contribution in [0.2, 0.25) is 0 Å². The number of hydrogen-bond donors (Lipinski definition) is 1. The molecule has 3 heterocycles. The molecular weight excluding hydrogens is 264 g/mol. The van der Waals surface area contributed by atoms with Crippen LogP contribution in [0.15, 0.2) is 12.4 Å². The summed E-state index contributed by atoms with van der Waals surface area (Å²) in [7, 11) is 0. The molecule has 1 aliphatic rings. The molecule has 0 spiro atoms. The zero-order chi connectivity index (χ0) is 14.8. The number of nitrogens with one attached hydrogen (secondary N) is 1. The quantitative estimate of drug-likeness (QED) is 0.927. The lowest BCUT2D eigenvalue weighted by molar-refractivity contribution is 0.370. The van der Waals surface area contributed by atoms with E-state index in [2.05, 4.69) is 39.2 Å². The summed E-state index contributed by atoms with van der Waals surface area (Å²) in [5.41, 5.74) is 0.854. The Kier molecular flexibility index (Phi) is 4.05. The van der Waals surface area contributed by atoms with Gasteiger partial charge in [-0.3, -0.25) is 4.40 Å². The van der Waals surface area contributed by atoms with Gasteiger partial charge >= 0.3 is 0 Å². The van der Waals surface area contributed by atoms with Crippen LogP contribution in [0.1, 0.15) is 32.5 Å². The monoisotopic (exact) mass is 288 g/mol. The van der Waals surface area contributed by atoms with E-state index < -0.39 is 0 Å². The van der Waals surface area contributed by atoms with E-state index in [1.807, 2.05) is 23.7 Å². The van der Waals surface area contributed by atoms with Crippen LogP contribution in [0.5, 0.6) is 0 Å². The smallest absolute Gasteiger partial charge is 0.203 e. The summed E-state index contributed by atoms with van der Waals surface area (Å²) < 4.78 is 2.01. The highest BCUT2D eigenvalue weighted by molar-refractivity contribution is 5.64. The molecule has 0 radical (unpaired) electrons. The van der Waals surface area contributed by atoms with Crippen molar-refractivity contribution in [2.45, 2.75) is 39.7 Å². The topological polar surface area (TPSA) is 58.4 Å². The van der Waals surface area contributed by atoms with Gasteiger partial charge in [-0.15, -0.1) is 10.2 Å². The lowest BCUT2D eigenvalue weighted by atomic mass is 9.98. The Bertz CT molecular complexity index is 599. The molecule has 1 aliphatic heterocycles. The molecule has 0 amide bonds. The van der Waals surface area contributed by atoms with Crippen LogP contribution >= 0.6 is 0 Å². The van der Waals surface area contributed by atoms with Crippen LogP contribution in [0, 0.1) is 12.8 Å². The maximum Gasteiger partial charge on any atom is 0.203 e. The molecule has 6 nitrogen and oxygen atoms in total. The molecule has 1 unspecified atom stereocenters. The molecule has 1 fully saturated rings. The van der Waals surface area contributed by atoms with Crippen LogP contribution < -0.4 is 10.2 Å². The highest BCUT2D eigenvalue weighted by Gasteiger charge is 2.22. The lowest BCUT2D eigenvalue weighted by Crippen LogP contribution is -2.41. The van der Waals surface area contributed by atoms with Gasteiger partial charge in [0.2, 0.25) is 5.65 Å². The molecule has 1 N–H and O–H groups in total. The highest BCUT2D eigenvalue weighted by Crippen LogP contribution is 2.23. The van der Waals surface area contributed by atoms with Crippen molar-refractivity contribution in [1.82, 2.24) is 24.9 Å². The van der Waals surface area contributed by atoms with Crippen LogP contribution in [0.4, 0.5) is 5.82 Å². The van der Waals surface area contributed by atoms with Gasteiger partial charge in [-0.25, -0.2) is 4.98 Å². The molecule has 1 saturated heterocycles. The Morgan fingerprint density at radius 2 is 2.29 bits per heavy atom. The van der Waals surface area contributed by atoms with E-state index in [1.165, 1.54) is 12.8 Å². The summed E-state index contributed by atoms with van der Waals surface area (Å²) in [6.45, 7) is 9.65. The molecule has 0 saturated carbocycles. The first-order valence-electron chi connectivity index (χ1n) is 7.80. The second-order valence-electron chi connectivity index (χ2n) is 6.15. The van der Waals surface area contributed by atoms with Crippen LogP contribution in [-0.2, 0) is 0 Å². The molecule has 114 valence electrons. The number of rotatable bonds is 4. The highest BCUT2D eigenvalue weighted by atomic mass is 15.3. The number of nitrogens with zero attached hydrogens (tertiary/aromatic N) is 5. The van der Waals surface area contributed by atoms with Crippen molar-refractivity contribution in [3.8, 4) is 0 Å². The van der Waals surface area contributed by atoms with Gasteiger partial charge in [0.1, 0.15) is 5.82 Å². The van der Waals surface area contributed by atoms with E-state index in [0.717, 1.165) is 36.9 Å². The van der Waals surface area contributed by atoms with Crippen LogP contribution in [-0.4, -0.2) is 45.3 Å². The first-order chi connectivity index (χ1) is 10.2. The first kappa shape index (κ1) is 14.3. The Morgan fingerprint density at radius 3 is 3.00 bits per heavy atom.